The van der Waals surface area contributed by atoms with E-state index in [9.17, 15) is 0 Å². The van der Waals surface area contributed by atoms with Gasteiger partial charge < -0.3 is 0 Å². The van der Waals surface area contributed by atoms with Crippen LogP contribution in [0.25, 0.3) is 0 Å². The third-order valence-corrected chi connectivity index (χ3v) is 8.29. The van der Waals surface area contributed by atoms with Gasteiger partial charge >= 0.3 is 0 Å². The molecule has 1 heterocycles. The number of hydrogen-bond acceptors (Lipinski definition) is 0. The SMILES string of the molecule is CCCCCCCCCCCCCCCCn1cc[n+](Cc2ccccc2)c1CCCCCCCCCC. The molecule has 0 bridgehead atoms. The molecule has 0 saturated carbocycles. The summed E-state index contributed by atoms with van der Waals surface area (Å²) in [4.78, 5) is 0. The van der Waals surface area contributed by atoms with E-state index < -0.39 is 0 Å². The minimum Gasteiger partial charge on any atom is -0.234 e. The molecular weight excluding hydrogens is 460 g/mol. The summed E-state index contributed by atoms with van der Waals surface area (Å²) in [6, 6.07) is 11.0. The Bertz CT molecular complexity index is 763. The highest BCUT2D eigenvalue weighted by atomic mass is 15.1. The second-order valence-electron chi connectivity index (χ2n) is 11.8. The Morgan fingerprint density at radius 1 is 0.526 bits per heavy atom. The quantitative estimate of drug-likeness (QED) is 0.0856. The van der Waals surface area contributed by atoms with Gasteiger partial charge in [0.25, 0.3) is 5.82 Å². The zero-order valence-electron chi connectivity index (χ0n) is 25.6. The molecule has 38 heavy (non-hydrogen) atoms. The summed E-state index contributed by atoms with van der Waals surface area (Å²) in [7, 11) is 0. The first kappa shape index (κ1) is 32.6. The van der Waals surface area contributed by atoms with E-state index in [2.05, 4.69) is 65.7 Å². The summed E-state index contributed by atoms with van der Waals surface area (Å²) in [5, 5.41) is 0. The van der Waals surface area contributed by atoms with E-state index in [0.717, 1.165) is 6.54 Å². The van der Waals surface area contributed by atoms with Crippen molar-refractivity contribution in [3.63, 3.8) is 0 Å². The highest BCUT2D eigenvalue weighted by molar-refractivity contribution is 5.13. The topological polar surface area (TPSA) is 8.81 Å². The van der Waals surface area contributed by atoms with Crippen molar-refractivity contribution >= 4 is 0 Å². The zero-order chi connectivity index (χ0) is 26.9. The smallest absolute Gasteiger partial charge is 0.234 e. The van der Waals surface area contributed by atoms with Crippen molar-refractivity contribution in [3.8, 4) is 0 Å². The average Bonchev–Trinajstić information content (AvgIpc) is 3.31. The first-order chi connectivity index (χ1) is 18.8. The third-order valence-electron chi connectivity index (χ3n) is 8.29. The predicted octanol–water partition coefficient (Wildman–Crippen LogP) is 11.0. The summed E-state index contributed by atoms with van der Waals surface area (Å²) in [6.07, 6.45) is 37.0. The Balaban J connectivity index is 1.63. The maximum absolute atomic E-state index is 2.57. The minimum absolute atomic E-state index is 0.999. The molecule has 0 N–H and O–H groups in total. The molecule has 0 aliphatic heterocycles. The number of imidazole rings is 1. The van der Waals surface area contributed by atoms with Gasteiger partial charge in [0.05, 0.1) is 6.54 Å². The van der Waals surface area contributed by atoms with E-state index in [1.54, 1.807) is 0 Å². The largest absolute Gasteiger partial charge is 0.256 e. The monoisotopic (exact) mass is 523 g/mol. The summed E-state index contributed by atoms with van der Waals surface area (Å²) < 4.78 is 5.09. The van der Waals surface area contributed by atoms with E-state index in [0.29, 0.717) is 0 Å². The number of aromatic nitrogens is 2. The first-order valence-corrected chi connectivity index (χ1v) is 17.0. The van der Waals surface area contributed by atoms with E-state index in [1.807, 2.05) is 0 Å². The molecule has 0 amide bonds. The van der Waals surface area contributed by atoms with Crippen molar-refractivity contribution in [3.05, 3.63) is 54.1 Å². The molecule has 0 unspecified atom stereocenters. The number of rotatable bonds is 26. The van der Waals surface area contributed by atoms with Gasteiger partial charge in [0.2, 0.25) is 0 Å². The van der Waals surface area contributed by atoms with Gasteiger partial charge in [0.1, 0.15) is 18.9 Å². The standard InChI is InChI=1S/C36H63N2/c1-3-5-7-9-11-13-14-15-16-17-18-20-22-27-31-37-32-33-38(34-35-28-24-23-25-29-35)36(37)30-26-21-19-12-10-8-6-4-2/h23-25,28-29,32-33H,3-22,26-27,30-31,34H2,1-2H3/q+1. The number of hydrogen-bond donors (Lipinski definition) is 0. The van der Waals surface area contributed by atoms with Crippen molar-refractivity contribution in [2.45, 2.75) is 175 Å². The van der Waals surface area contributed by atoms with Gasteiger partial charge in [-0.05, 0) is 24.8 Å². The molecule has 1 aromatic carbocycles. The Morgan fingerprint density at radius 2 is 0.974 bits per heavy atom. The molecule has 2 nitrogen and oxygen atoms in total. The maximum atomic E-state index is 2.57. The zero-order valence-corrected chi connectivity index (χ0v) is 25.6. The summed E-state index contributed by atoms with van der Waals surface area (Å²) >= 11 is 0. The van der Waals surface area contributed by atoms with Crippen LogP contribution in [0.2, 0.25) is 0 Å². The summed E-state index contributed by atoms with van der Waals surface area (Å²) in [6.45, 7) is 6.79. The van der Waals surface area contributed by atoms with E-state index in [1.165, 1.54) is 166 Å². The lowest BCUT2D eigenvalue weighted by atomic mass is 10.0. The number of benzene rings is 1. The molecule has 0 aliphatic carbocycles. The van der Waals surface area contributed by atoms with Crippen molar-refractivity contribution in [2.75, 3.05) is 0 Å². The van der Waals surface area contributed by atoms with E-state index >= 15 is 0 Å². The van der Waals surface area contributed by atoms with Gasteiger partial charge in [0, 0.05) is 6.42 Å². The van der Waals surface area contributed by atoms with Gasteiger partial charge in [0.15, 0.2) is 0 Å². The highest BCUT2D eigenvalue weighted by Gasteiger charge is 2.17. The van der Waals surface area contributed by atoms with Crippen LogP contribution in [0.5, 0.6) is 0 Å². The first-order valence-electron chi connectivity index (χ1n) is 17.0. The van der Waals surface area contributed by atoms with Gasteiger partial charge in [-0.15, -0.1) is 0 Å². The predicted molar refractivity (Wildman–Crippen MR) is 167 cm³/mol. The van der Waals surface area contributed by atoms with Gasteiger partial charge in [-0.25, -0.2) is 9.13 Å². The maximum Gasteiger partial charge on any atom is 0.256 e. The lowest BCUT2D eigenvalue weighted by Crippen LogP contribution is -2.37. The second kappa shape index (κ2) is 23.3. The highest BCUT2D eigenvalue weighted by Crippen LogP contribution is 2.15. The van der Waals surface area contributed by atoms with Gasteiger partial charge in [-0.3, -0.25) is 0 Å². The molecule has 1 aromatic heterocycles. The Morgan fingerprint density at radius 3 is 1.47 bits per heavy atom. The van der Waals surface area contributed by atoms with Crippen LogP contribution < -0.4 is 4.57 Å². The van der Waals surface area contributed by atoms with Gasteiger partial charge in [-0.1, -0.05) is 166 Å². The number of nitrogens with zero attached hydrogens (tertiary/aromatic N) is 2. The van der Waals surface area contributed by atoms with E-state index in [-0.39, 0.29) is 0 Å². The van der Waals surface area contributed by atoms with Gasteiger partial charge in [-0.2, -0.15) is 0 Å². The van der Waals surface area contributed by atoms with Crippen LogP contribution in [0, 0.1) is 0 Å². The molecule has 2 rings (SSSR count). The number of aryl methyl sites for hydroxylation is 1. The van der Waals surface area contributed by atoms with Crippen molar-refractivity contribution in [1.82, 2.24) is 4.57 Å². The van der Waals surface area contributed by atoms with Crippen LogP contribution in [0.4, 0.5) is 0 Å². The Hall–Kier alpha value is -1.57. The number of unbranched alkanes of at least 4 members (excludes halogenated alkanes) is 20. The molecule has 2 aromatic rings. The van der Waals surface area contributed by atoms with Crippen LogP contribution in [0.15, 0.2) is 42.7 Å². The van der Waals surface area contributed by atoms with Crippen molar-refractivity contribution in [1.29, 1.82) is 0 Å². The van der Waals surface area contributed by atoms with E-state index in [4.69, 9.17) is 0 Å². The van der Waals surface area contributed by atoms with Crippen LogP contribution in [0.3, 0.4) is 0 Å². The Labute approximate surface area is 237 Å². The normalized spacial score (nSPS) is 11.4. The molecule has 2 heteroatoms. The van der Waals surface area contributed by atoms with Crippen LogP contribution in [-0.4, -0.2) is 4.57 Å². The average molecular weight is 524 g/mol. The van der Waals surface area contributed by atoms with Crippen LogP contribution in [-0.2, 0) is 19.5 Å². The molecule has 0 radical (unpaired) electrons. The molecule has 0 saturated heterocycles. The molecule has 0 spiro atoms. The lowest BCUT2D eigenvalue weighted by Gasteiger charge is -2.07. The Kier molecular flexibility index (Phi) is 20.0. The summed E-state index contributed by atoms with van der Waals surface area (Å²) in [5.41, 5.74) is 1.41. The molecule has 0 fully saturated rings. The molecular formula is C36H63N2+. The lowest BCUT2D eigenvalue weighted by molar-refractivity contribution is -0.695. The van der Waals surface area contributed by atoms with Crippen molar-refractivity contribution < 1.29 is 4.57 Å². The molecule has 0 atom stereocenters. The van der Waals surface area contributed by atoms with Crippen LogP contribution >= 0.6 is 0 Å². The minimum atomic E-state index is 0.999. The fourth-order valence-corrected chi connectivity index (χ4v) is 5.81. The fourth-order valence-electron chi connectivity index (χ4n) is 5.81. The van der Waals surface area contributed by atoms with Crippen LogP contribution in [0.1, 0.15) is 166 Å². The molecule has 216 valence electrons. The second-order valence-corrected chi connectivity index (χ2v) is 11.8. The molecule has 0 aliphatic rings. The fraction of sp³-hybridized carbons (Fsp3) is 0.750. The third kappa shape index (κ3) is 15.7. The summed E-state index contributed by atoms with van der Waals surface area (Å²) in [5.74, 6) is 1.54. The van der Waals surface area contributed by atoms with Crippen molar-refractivity contribution in [2.24, 2.45) is 0 Å².